The lowest BCUT2D eigenvalue weighted by Gasteiger charge is -2.47. The molecule has 0 spiro atoms. The van der Waals surface area contributed by atoms with Crippen molar-refractivity contribution in [2.24, 2.45) is 11.3 Å². The van der Waals surface area contributed by atoms with Gasteiger partial charge in [0.15, 0.2) is 0 Å². The normalized spacial score (nSPS) is 47.9. The molecule has 0 aromatic carbocycles. The van der Waals surface area contributed by atoms with E-state index in [2.05, 4.69) is 19.1 Å². The zero-order valence-electron chi connectivity index (χ0n) is 6.06. The third-order valence-corrected chi connectivity index (χ3v) is 3.14. The second-order valence-corrected chi connectivity index (χ2v) is 3.72. The van der Waals surface area contributed by atoms with Crippen LogP contribution in [0.5, 0.6) is 0 Å². The third kappa shape index (κ3) is 0.654. The molecule has 0 radical (unpaired) electrons. The molecule has 2 rings (SSSR count). The summed E-state index contributed by atoms with van der Waals surface area (Å²) in [5, 5.41) is 0. The molecule has 2 unspecified atom stereocenters. The second kappa shape index (κ2) is 1.62. The Labute approximate surface area is 57.0 Å². The van der Waals surface area contributed by atoms with Gasteiger partial charge in [0, 0.05) is 0 Å². The van der Waals surface area contributed by atoms with E-state index >= 15 is 0 Å². The predicted octanol–water partition coefficient (Wildman–Crippen LogP) is 2.75. The van der Waals surface area contributed by atoms with Gasteiger partial charge in [-0.1, -0.05) is 19.1 Å². The molecule has 9 heavy (non-hydrogen) atoms. The van der Waals surface area contributed by atoms with Crippen LogP contribution < -0.4 is 0 Å². The summed E-state index contributed by atoms with van der Waals surface area (Å²) in [6, 6.07) is 0. The molecule has 0 saturated heterocycles. The fraction of sp³-hybridized carbons (Fsp3) is 0.778. The summed E-state index contributed by atoms with van der Waals surface area (Å²) < 4.78 is 0. The minimum atomic E-state index is 0.637. The first-order valence-corrected chi connectivity index (χ1v) is 3.99. The minimum absolute atomic E-state index is 0.637. The molecule has 0 amide bonds. The number of allylic oxidation sites excluding steroid dienone is 2. The first-order valence-electron chi connectivity index (χ1n) is 3.99. The van der Waals surface area contributed by atoms with Crippen molar-refractivity contribution in [3.63, 3.8) is 0 Å². The maximum absolute atomic E-state index is 2.44. The quantitative estimate of drug-likeness (QED) is 0.433. The van der Waals surface area contributed by atoms with E-state index in [-0.39, 0.29) is 0 Å². The topological polar surface area (TPSA) is 0 Å². The van der Waals surface area contributed by atoms with Crippen molar-refractivity contribution in [1.29, 1.82) is 0 Å². The molecular formula is C9H14. The standard InChI is InChI=1S/C9H14/c1-9-6-3-2-4-8(9)5-7-9/h3,6,8H,2,4-5,7H2,1H3. The van der Waals surface area contributed by atoms with Crippen LogP contribution in [-0.4, -0.2) is 0 Å². The fourth-order valence-corrected chi connectivity index (χ4v) is 2.15. The monoisotopic (exact) mass is 122 g/mol. The van der Waals surface area contributed by atoms with Crippen molar-refractivity contribution in [2.45, 2.75) is 32.6 Å². The van der Waals surface area contributed by atoms with Crippen LogP contribution in [0.1, 0.15) is 32.6 Å². The largest absolute Gasteiger partial charge is 0.0880 e. The first kappa shape index (κ1) is 5.52. The van der Waals surface area contributed by atoms with Crippen molar-refractivity contribution in [2.75, 3.05) is 0 Å². The summed E-state index contributed by atoms with van der Waals surface area (Å²) in [6.07, 6.45) is 10.5. The Balaban J connectivity index is 2.20. The zero-order chi connectivity index (χ0) is 6.32. The predicted molar refractivity (Wildman–Crippen MR) is 39.2 cm³/mol. The van der Waals surface area contributed by atoms with Gasteiger partial charge >= 0.3 is 0 Å². The summed E-state index contributed by atoms with van der Waals surface area (Å²) in [5.41, 5.74) is 0.637. The van der Waals surface area contributed by atoms with Gasteiger partial charge in [-0.15, -0.1) is 0 Å². The molecule has 0 nitrogen and oxygen atoms in total. The molecule has 0 heterocycles. The van der Waals surface area contributed by atoms with E-state index in [0.29, 0.717) is 5.41 Å². The Morgan fingerprint density at radius 3 is 2.67 bits per heavy atom. The van der Waals surface area contributed by atoms with Gasteiger partial charge in [-0.25, -0.2) is 0 Å². The van der Waals surface area contributed by atoms with E-state index in [9.17, 15) is 0 Å². The van der Waals surface area contributed by atoms with Crippen LogP contribution in [0, 0.1) is 11.3 Å². The molecule has 50 valence electrons. The summed E-state index contributed by atoms with van der Waals surface area (Å²) in [4.78, 5) is 0. The Bertz CT molecular complexity index is 146. The molecule has 1 fully saturated rings. The number of rotatable bonds is 0. The fourth-order valence-electron chi connectivity index (χ4n) is 2.15. The third-order valence-electron chi connectivity index (χ3n) is 3.14. The Kier molecular flexibility index (Phi) is 0.992. The van der Waals surface area contributed by atoms with E-state index in [0.717, 1.165) is 5.92 Å². The van der Waals surface area contributed by atoms with E-state index < -0.39 is 0 Å². The smallest absolute Gasteiger partial charge is 0.0118 e. The van der Waals surface area contributed by atoms with Gasteiger partial charge in [0.2, 0.25) is 0 Å². The van der Waals surface area contributed by atoms with Crippen LogP contribution in [0.15, 0.2) is 12.2 Å². The lowest BCUT2D eigenvalue weighted by molar-refractivity contribution is 0.0896. The number of hydrogen-bond acceptors (Lipinski definition) is 0. The Morgan fingerprint density at radius 2 is 2.33 bits per heavy atom. The van der Waals surface area contributed by atoms with Gasteiger partial charge < -0.3 is 0 Å². The minimum Gasteiger partial charge on any atom is -0.0880 e. The van der Waals surface area contributed by atoms with Gasteiger partial charge in [-0.05, 0) is 37.0 Å². The van der Waals surface area contributed by atoms with Crippen molar-refractivity contribution < 1.29 is 0 Å². The lowest BCUT2D eigenvalue weighted by Crippen LogP contribution is -2.37. The van der Waals surface area contributed by atoms with Crippen molar-refractivity contribution in [1.82, 2.24) is 0 Å². The van der Waals surface area contributed by atoms with Gasteiger partial charge in [0.25, 0.3) is 0 Å². The van der Waals surface area contributed by atoms with Crippen LogP contribution in [0.4, 0.5) is 0 Å². The Hall–Kier alpha value is -0.260. The highest BCUT2D eigenvalue weighted by Gasteiger charge is 2.40. The van der Waals surface area contributed by atoms with Gasteiger partial charge in [-0.3, -0.25) is 0 Å². The van der Waals surface area contributed by atoms with Crippen molar-refractivity contribution in [3.8, 4) is 0 Å². The summed E-state index contributed by atoms with van der Waals surface area (Å²) in [5.74, 6) is 1.04. The summed E-state index contributed by atoms with van der Waals surface area (Å²) in [6.45, 7) is 2.40. The molecule has 2 atom stereocenters. The zero-order valence-corrected chi connectivity index (χ0v) is 6.06. The molecular weight excluding hydrogens is 108 g/mol. The van der Waals surface area contributed by atoms with Gasteiger partial charge in [0.1, 0.15) is 0 Å². The van der Waals surface area contributed by atoms with E-state index in [1.807, 2.05) is 0 Å². The maximum atomic E-state index is 2.44. The van der Waals surface area contributed by atoms with Gasteiger partial charge in [-0.2, -0.15) is 0 Å². The number of hydrogen-bond donors (Lipinski definition) is 0. The SMILES string of the molecule is CC12C=CCCC1CC2. The van der Waals surface area contributed by atoms with Crippen LogP contribution >= 0.6 is 0 Å². The van der Waals surface area contributed by atoms with E-state index in [1.54, 1.807) is 0 Å². The second-order valence-electron chi connectivity index (χ2n) is 3.72. The molecule has 0 N–H and O–H groups in total. The lowest BCUT2D eigenvalue weighted by atomic mass is 9.58. The molecule has 0 aliphatic heterocycles. The molecule has 0 aromatic heterocycles. The van der Waals surface area contributed by atoms with E-state index in [4.69, 9.17) is 0 Å². The van der Waals surface area contributed by atoms with Crippen molar-refractivity contribution >= 4 is 0 Å². The van der Waals surface area contributed by atoms with Gasteiger partial charge in [0.05, 0.1) is 0 Å². The first-order chi connectivity index (χ1) is 4.31. The molecule has 0 heteroatoms. The van der Waals surface area contributed by atoms with E-state index in [1.165, 1.54) is 25.7 Å². The van der Waals surface area contributed by atoms with Crippen LogP contribution in [0.25, 0.3) is 0 Å². The van der Waals surface area contributed by atoms with Crippen molar-refractivity contribution in [3.05, 3.63) is 12.2 Å². The number of fused-ring (bicyclic) bond motifs is 1. The summed E-state index contributed by atoms with van der Waals surface area (Å²) >= 11 is 0. The summed E-state index contributed by atoms with van der Waals surface area (Å²) in [7, 11) is 0. The molecule has 0 bridgehead atoms. The molecule has 2 aliphatic rings. The molecule has 1 saturated carbocycles. The highest BCUT2D eigenvalue weighted by atomic mass is 14.5. The average Bonchev–Trinajstić information content (AvgIpc) is 1.82. The highest BCUT2D eigenvalue weighted by Crippen LogP contribution is 2.51. The Morgan fingerprint density at radius 1 is 1.44 bits per heavy atom. The molecule has 2 aliphatic carbocycles. The molecule has 0 aromatic rings. The van der Waals surface area contributed by atoms with Crippen LogP contribution in [0.3, 0.4) is 0 Å². The average molecular weight is 122 g/mol. The maximum Gasteiger partial charge on any atom is -0.0118 e. The highest BCUT2D eigenvalue weighted by molar-refractivity contribution is 5.10. The van der Waals surface area contributed by atoms with Crippen LogP contribution in [-0.2, 0) is 0 Å². The van der Waals surface area contributed by atoms with Crippen LogP contribution in [0.2, 0.25) is 0 Å².